The number of hydrogen-bond donors (Lipinski definition) is 0. The summed E-state index contributed by atoms with van der Waals surface area (Å²) in [4.78, 5) is 0. The van der Waals surface area contributed by atoms with Gasteiger partial charge in [0, 0.05) is 22.3 Å². The van der Waals surface area contributed by atoms with Gasteiger partial charge in [-0.1, -0.05) is 136 Å². The van der Waals surface area contributed by atoms with Crippen molar-refractivity contribution < 1.29 is 4.70 Å². The Bertz CT molecular complexity index is 1360. The van der Waals surface area contributed by atoms with Crippen molar-refractivity contribution in [1.29, 1.82) is 0 Å². The highest BCUT2D eigenvalue weighted by Gasteiger charge is 2.34. The van der Waals surface area contributed by atoms with Crippen LogP contribution in [0.4, 0.5) is 0 Å². The van der Waals surface area contributed by atoms with Gasteiger partial charge in [0.1, 0.15) is 0 Å². The molecule has 0 spiro atoms. The molecule has 0 unspecified atom stereocenters. The minimum Gasteiger partial charge on any atom is -0.493 e. The summed E-state index contributed by atoms with van der Waals surface area (Å²) >= 11 is 0. The molecule has 0 amide bonds. The first-order valence-corrected chi connectivity index (χ1v) is 21.4. The number of aryl methyl sites for hydroxylation is 4. The van der Waals surface area contributed by atoms with Gasteiger partial charge in [-0.3, -0.25) is 0 Å². The second-order valence-electron chi connectivity index (χ2n) is 15.9. The fourth-order valence-corrected chi connectivity index (χ4v) is 8.49. The highest BCUT2D eigenvalue weighted by Crippen LogP contribution is 2.43. The van der Waals surface area contributed by atoms with Crippen LogP contribution in [0.15, 0.2) is 35.4 Å². The van der Waals surface area contributed by atoms with Gasteiger partial charge in [0.05, 0.1) is 0 Å². The Balaban J connectivity index is 1.83. The molecular weight excluding hydrogens is 605 g/mol. The van der Waals surface area contributed by atoms with E-state index >= 15 is 0 Å². The van der Waals surface area contributed by atoms with E-state index in [-0.39, 0.29) is 0 Å². The van der Waals surface area contributed by atoms with Gasteiger partial charge in [-0.25, -0.2) is 4.70 Å². The molecule has 2 aromatic carbocycles. The van der Waals surface area contributed by atoms with Crippen LogP contribution in [0.25, 0.3) is 16.9 Å². The zero-order valence-electron chi connectivity index (χ0n) is 34.2. The summed E-state index contributed by atoms with van der Waals surface area (Å²) in [5.74, 6) is 0. The van der Waals surface area contributed by atoms with E-state index in [4.69, 9.17) is 0 Å². The van der Waals surface area contributed by atoms with Crippen LogP contribution in [0.1, 0.15) is 213 Å². The standard InChI is InChI=1S/C48H76N2/c1-9-12-15-18-21-22-23-26-29-32-46-41(8)47(42-33-37(4)44(38(5)34-42)30-27-24-19-16-13-10-2)50(49)48(46)43-35-39(6)45(40(7)36-43)31-28-25-20-17-14-11-3/h33-36H,9-32H2,1-8H3. The van der Waals surface area contributed by atoms with E-state index in [1.165, 1.54) is 185 Å². The number of allylic oxidation sites excluding steroid dienone is 2. The molecule has 0 N–H and O–H groups in total. The molecule has 1 aliphatic rings. The second-order valence-corrected chi connectivity index (χ2v) is 15.9. The second kappa shape index (κ2) is 23.2. The molecule has 3 rings (SSSR count). The summed E-state index contributed by atoms with van der Waals surface area (Å²) in [7, 11) is 0. The maximum atomic E-state index is 12.1. The maximum absolute atomic E-state index is 12.1. The Morgan fingerprint density at radius 2 is 0.700 bits per heavy atom. The molecule has 1 heterocycles. The van der Waals surface area contributed by atoms with Crippen LogP contribution < -0.4 is 0 Å². The van der Waals surface area contributed by atoms with Crippen LogP contribution in [0.2, 0.25) is 0 Å². The van der Waals surface area contributed by atoms with E-state index in [9.17, 15) is 5.53 Å². The first kappa shape index (κ1) is 41.9. The van der Waals surface area contributed by atoms with E-state index < -0.39 is 0 Å². The Morgan fingerprint density at radius 3 is 1.06 bits per heavy atom. The summed E-state index contributed by atoms with van der Waals surface area (Å²) in [6.45, 7) is 18.3. The third-order valence-corrected chi connectivity index (χ3v) is 11.5. The van der Waals surface area contributed by atoms with Crippen molar-refractivity contribution in [2.24, 2.45) is 0 Å². The van der Waals surface area contributed by atoms with Gasteiger partial charge in [0.25, 0.3) is 0 Å². The molecule has 278 valence electrons. The summed E-state index contributed by atoms with van der Waals surface area (Å²) in [5, 5.41) is 0. The summed E-state index contributed by atoms with van der Waals surface area (Å²) in [5.41, 5.74) is 27.5. The van der Waals surface area contributed by atoms with E-state index in [0.29, 0.717) is 0 Å². The number of rotatable bonds is 26. The van der Waals surface area contributed by atoms with Crippen molar-refractivity contribution in [1.82, 2.24) is 0 Å². The molecule has 2 nitrogen and oxygen atoms in total. The first-order chi connectivity index (χ1) is 24.2. The SMILES string of the molecule is CCCCCCCCCCCC1=C(c2cc(C)c(CCCCCCCC)c(C)c2)[N+](=[N-])C(c2cc(C)c(CCCCCCCC)c(C)c2)=C1C. The Hall–Kier alpha value is -2.48. The van der Waals surface area contributed by atoms with Gasteiger partial charge in [-0.05, 0) is 131 Å². The fourth-order valence-electron chi connectivity index (χ4n) is 8.49. The third kappa shape index (κ3) is 12.6. The normalized spacial score (nSPS) is 13.4. The molecule has 1 aliphatic heterocycles. The minimum absolute atomic E-state index is 0.981. The van der Waals surface area contributed by atoms with Crippen molar-refractivity contribution in [3.05, 3.63) is 85.5 Å². The van der Waals surface area contributed by atoms with Crippen LogP contribution in [0.5, 0.6) is 0 Å². The lowest BCUT2D eigenvalue weighted by atomic mass is 9.91. The molecule has 0 atom stereocenters. The highest BCUT2D eigenvalue weighted by molar-refractivity contribution is 5.82. The summed E-state index contributed by atoms with van der Waals surface area (Å²) in [6.07, 6.45) is 31.2. The maximum Gasteiger partial charge on any atom is 0.211 e. The van der Waals surface area contributed by atoms with Crippen LogP contribution >= 0.6 is 0 Å². The number of hydrogen-bond acceptors (Lipinski definition) is 0. The Labute approximate surface area is 310 Å². The average molecular weight is 681 g/mol. The number of benzene rings is 2. The van der Waals surface area contributed by atoms with Crippen molar-refractivity contribution in [3.8, 4) is 0 Å². The predicted molar refractivity (Wildman–Crippen MR) is 221 cm³/mol. The van der Waals surface area contributed by atoms with Crippen LogP contribution in [-0.2, 0) is 12.8 Å². The van der Waals surface area contributed by atoms with E-state index in [0.717, 1.165) is 36.2 Å². The quantitative estimate of drug-likeness (QED) is 0.0698. The van der Waals surface area contributed by atoms with Gasteiger partial charge >= 0.3 is 0 Å². The largest absolute Gasteiger partial charge is 0.493 e. The smallest absolute Gasteiger partial charge is 0.211 e. The van der Waals surface area contributed by atoms with E-state index in [1.807, 2.05) is 0 Å². The van der Waals surface area contributed by atoms with Crippen LogP contribution in [0.3, 0.4) is 0 Å². The Kier molecular flexibility index (Phi) is 19.4. The van der Waals surface area contributed by atoms with Gasteiger partial charge in [-0.2, -0.15) is 0 Å². The molecule has 0 aliphatic carbocycles. The van der Waals surface area contributed by atoms with E-state index in [2.05, 4.69) is 79.7 Å². The topological polar surface area (TPSA) is 25.3 Å². The van der Waals surface area contributed by atoms with Crippen molar-refractivity contribution >= 4 is 11.4 Å². The molecule has 0 bridgehead atoms. The lowest BCUT2D eigenvalue weighted by Gasteiger charge is -2.16. The minimum atomic E-state index is 0.981. The molecule has 0 fully saturated rings. The molecule has 0 radical (unpaired) electrons. The monoisotopic (exact) mass is 681 g/mol. The lowest BCUT2D eigenvalue weighted by molar-refractivity contribution is -0.345. The van der Waals surface area contributed by atoms with Crippen molar-refractivity contribution in [2.45, 2.75) is 209 Å². The predicted octanol–water partition coefficient (Wildman–Crippen LogP) is 15.8. The van der Waals surface area contributed by atoms with Crippen LogP contribution in [0, 0.1) is 27.7 Å². The molecule has 2 aromatic rings. The highest BCUT2D eigenvalue weighted by atomic mass is 15.2. The van der Waals surface area contributed by atoms with Crippen molar-refractivity contribution in [2.75, 3.05) is 0 Å². The van der Waals surface area contributed by atoms with E-state index in [1.54, 1.807) is 4.70 Å². The number of unbranched alkanes of at least 4 members (excludes halogenated alkanes) is 18. The zero-order valence-corrected chi connectivity index (χ0v) is 34.2. The lowest BCUT2D eigenvalue weighted by Crippen LogP contribution is -2.06. The van der Waals surface area contributed by atoms with Gasteiger partial charge < -0.3 is 5.53 Å². The third-order valence-electron chi connectivity index (χ3n) is 11.5. The molecule has 50 heavy (non-hydrogen) atoms. The fraction of sp³-hybridized carbons (Fsp3) is 0.667. The molecule has 2 heteroatoms. The first-order valence-electron chi connectivity index (χ1n) is 21.4. The van der Waals surface area contributed by atoms with Gasteiger partial charge in [-0.15, -0.1) is 0 Å². The van der Waals surface area contributed by atoms with Crippen molar-refractivity contribution in [3.63, 3.8) is 0 Å². The van der Waals surface area contributed by atoms with Crippen LogP contribution in [-0.4, -0.2) is 4.70 Å². The van der Waals surface area contributed by atoms with Gasteiger partial charge in [0.15, 0.2) is 0 Å². The molecule has 0 aromatic heterocycles. The number of nitrogens with zero attached hydrogens (tertiary/aromatic N) is 2. The summed E-state index contributed by atoms with van der Waals surface area (Å²) in [6, 6.07) is 9.43. The molecule has 0 saturated carbocycles. The zero-order chi connectivity index (χ0) is 36.3. The molecule has 0 saturated heterocycles. The van der Waals surface area contributed by atoms with Gasteiger partial charge in [0.2, 0.25) is 11.4 Å². The molecular formula is C48H76N2. The summed E-state index contributed by atoms with van der Waals surface area (Å²) < 4.78 is 1.57. The Morgan fingerprint density at radius 1 is 0.400 bits per heavy atom. The average Bonchev–Trinajstić information content (AvgIpc) is 3.33.